The SMILES string of the molecule is COC1CCN(C(=O)C2CCCCS2(=O)=O)C(CN)C1. The monoisotopic (exact) mass is 304 g/mol. The second kappa shape index (κ2) is 6.41. The molecule has 2 rings (SSSR count). The van der Waals surface area contributed by atoms with Crippen LogP contribution in [0.4, 0.5) is 0 Å². The van der Waals surface area contributed by atoms with Crippen molar-refractivity contribution in [3.05, 3.63) is 0 Å². The Morgan fingerprint density at radius 2 is 2.10 bits per heavy atom. The molecule has 2 N–H and O–H groups in total. The van der Waals surface area contributed by atoms with Crippen LogP contribution in [-0.4, -0.2) is 62.6 Å². The standard InChI is InChI=1S/C13H24N2O4S/c1-19-11-5-6-15(10(8-11)9-14)13(16)12-4-2-3-7-20(12,17)18/h10-12H,2-9,14H2,1H3. The Bertz CT molecular complexity index is 451. The topological polar surface area (TPSA) is 89.7 Å². The number of hydrogen-bond donors (Lipinski definition) is 1. The summed E-state index contributed by atoms with van der Waals surface area (Å²) in [6.07, 6.45) is 3.45. The number of ether oxygens (including phenoxy) is 1. The second-order valence-corrected chi connectivity index (χ2v) is 7.96. The van der Waals surface area contributed by atoms with Gasteiger partial charge in [-0.1, -0.05) is 6.42 Å². The van der Waals surface area contributed by atoms with E-state index in [4.69, 9.17) is 10.5 Å². The number of nitrogens with zero attached hydrogens (tertiary/aromatic N) is 1. The van der Waals surface area contributed by atoms with E-state index in [9.17, 15) is 13.2 Å². The number of carbonyl (C=O) groups is 1. The first-order valence-corrected chi connectivity index (χ1v) is 8.96. The number of carbonyl (C=O) groups excluding carboxylic acids is 1. The number of nitrogens with two attached hydrogens (primary N) is 1. The fraction of sp³-hybridized carbons (Fsp3) is 0.923. The van der Waals surface area contributed by atoms with Crippen molar-refractivity contribution in [1.82, 2.24) is 4.90 Å². The lowest BCUT2D eigenvalue weighted by molar-refractivity contribution is -0.136. The molecule has 1 amide bonds. The molecule has 20 heavy (non-hydrogen) atoms. The summed E-state index contributed by atoms with van der Waals surface area (Å²) in [5.74, 6) is -0.125. The number of piperidine rings is 1. The van der Waals surface area contributed by atoms with Gasteiger partial charge in [-0.15, -0.1) is 0 Å². The maximum absolute atomic E-state index is 12.6. The van der Waals surface area contributed by atoms with Crippen molar-refractivity contribution in [2.24, 2.45) is 5.73 Å². The quantitative estimate of drug-likeness (QED) is 0.787. The van der Waals surface area contributed by atoms with Crippen molar-refractivity contribution in [3.8, 4) is 0 Å². The molecule has 0 spiro atoms. The molecular weight excluding hydrogens is 280 g/mol. The zero-order valence-electron chi connectivity index (χ0n) is 12.0. The Kier molecular flexibility index (Phi) is 5.04. The molecule has 0 aromatic rings. The first kappa shape index (κ1) is 15.7. The fourth-order valence-corrected chi connectivity index (χ4v) is 5.02. The number of rotatable bonds is 3. The summed E-state index contributed by atoms with van der Waals surface area (Å²) >= 11 is 0. The third-order valence-corrected chi connectivity index (χ3v) is 6.57. The molecule has 2 aliphatic heterocycles. The minimum absolute atomic E-state index is 0.107. The van der Waals surface area contributed by atoms with Gasteiger partial charge in [0.15, 0.2) is 9.84 Å². The van der Waals surface area contributed by atoms with Crippen molar-refractivity contribution in [1.29, 1.82) is 0 Å². The van der Waals surface area contributed by atoms with Crippen LogP contribution in [-0.2, 0) is 19.4 Å². The fourth-order valence-electron chi connectivity index (χ4n) is 3.16. The predicted molar refractivity (Wildman–Crippen MR) is 76.0 cm³/mol. The van der Waals surface area contributed by atoms with Crippen LogP contribution in [0.15, 0.2) is 0 Å². The van der Waals surface area contributed by atoms with Gasteiger partial charge in [-0.3, -0.25) is 4.79 Å². The van der Waals surface area contributed by atoms with Crippen LogP contribution in [0.1, 0.15) is 32.1 Å². The lowest BCUT2D eigenvalue weighted by atomic mass is 9.98. The van der Waals surface area contributed by atoms with Crippen LogP contribution >= 0.6 is 0 Å². The van der Waals surface area contributed by atoms with Crippen molar-refractivity contribution in [2.45, 2.75) is 49.5 Å². The van der Waals surface area contributed by atoms with Gasteiger partial charge in [-0.25, -0.2) is 8.42 Å². The average molecular weight is 304 g/mol. The molecule has 2 aliphatic rings. The van der Waals surface area contributed by atoms with Gasteiger partial charge in [0.25, 0.3) is 0 Å². The summed E-state index contributed by atoms with van der Waals surface area (Å²) in [5, 5.41) is -0.857. The Labute approximate surface area is 120 Å². The smallest absolute Gasteiger partial charge is 0.241 e. The molecule has 0 saturated carbocycles. The molecule has 0 aromatic carbocycles. The van der Waals surface area contributed by atoms with Gasteiger partial charge in [0.05, 0.1) is 11.9 Å². The van der Waals surface area contributed by atoms with Crippen LogP contribution in [0.25, 0.3) is 0 Å². The Balaban J connectivity index is 2.11. The van der Waals surface area contributed by atoms with E-state index in [1.165, 1.54) is 0 Å². The highest BCUT2D eigenvalue weighted by atomic mass is 32.2. The molecule has 2 saturated heterocycles. The molecular formula is C13H24N2O4S. The highest BCUT2D eigenvalue weighted by Crippen LogP contribution is 2.26. The average Bonchev–Trinajstić information content (AvgIpc) is 2.45. The first-order valence-electron chi connectivity index (χ1n) is 7.24. The van der Waals surface area contributed by atoms with Crippen molar-refractivity contribution >= 4 is 15.7 Å². The van der Waals surface area contributed by atoms with Crippen molar-refractivity contribution < 1.29 is 17.9 Å². The van der Waals surface area contributed by atoms with Gasteiger partial charge in [0.1, 0.15) is 5.25 Å². The van der Waals surface area contributed by atoms with E-state index in [1.54, 1.807) is 12.0 Å². The molecule has 2 fully saturated rings. The van der Waals surface area contributed by atoms with Crippen LogP contribution in [0.5, 0.6) is 0 Å². The van der Waals surface area contributed by atoms with Gasteiger partial charge in [-0.2, -0.15) is 0 Å². The van der Waals surface area contributed by atoms with E-state index in [2.05, 4.69) is 0 Å². The Hall–Kier alpha value is -0.660. The first-order chi connectivity index (χ1) is 9.49. The van der Waals surface area contributed by atoms with Gasteiger partial charge in [-0.05, 0) is 25.7 Å². The van der Waals surface area contributed by atoms with E-state index in [0.717, 1.165) is 12.8 Å². The molecule has 116 valence electrons. The molecule has 6 nitrogen and oxygen atoms in total. The van der Waals surface area contributed by atoms with Crippen molar-refractivity contribution in [3.63, 3.8) is 0 Å². The molecule has 0 aromatic heterocycles. The van der Waals surface area contributed by atoms with E-state index < -0.39 is 15.1 Å². The second-order valence-electron chi connectivity index (χ2n) is 5.65. The molecule has 0 bridgehead atoms. The molecule has 0 aliphatic carbocycles. The van der Waals surface area contributed by atoms with E-state index in [0.29, 0.717) is 32.4 Å². The largest absolute Gasteiger partial charge is 0.381 e. The number of amides is 1. The van der Waals surface area contributed by atoms with E-state index in [1.807, 2.05) is 0 Å². The zero-order valence-corrected chi connectivity index (χ0v) is 12.8. The van der Waals surface area contributed by atoms with Gasteiger partial charge >= 0.3 is 0 Å². The minimum Gasteiger partial charge on any atom is -0.381 e. The van der Waals surface area contributed by atoms with Crippen molar-refractivity contribution in [2.75, 3.05) is 26.0 Å². The molecule has 0 radical (unpaired) electrons. The lowest BCUT2D eigenvalue weighted by Crippen LogP contribution is -2.55. The number of methoxy groups -OCH3 is 1. The third kappa shape index (κ3) is 3.15. The van der Waals surface area contributed by atoms with Gasteiger partial charge in [0, 0.05) is 26.2 Å². The number of hydrogen-bond acceptors (Lipinski definition) is 5. The summed E-state index contributed by atoms with van der Waals surface area (Å²) in [5.41, 5.74) is 5.75. The van der Waals surface area contributed by atoms with Gasteiger partial charge in [0.2, 0.25) is 5.91 Å². The third-order valence-electron chi connectivity index (χ3n) is 4.41. The summed E-state index contributed by atoms with van der Waals surface area (Å²) in [6.45, 7) is 0.879. The molecule has 3 unspecified atom stereocenters. The summed E-state index contributed by atoms with van der Waals surface area (Å²) in [4.78, 5) is 14.3. The van der Waals surface area contributed by atoms with Crippen LogP contribution < -0.4 is 5.73 Å². The molecule has 3 atom stereocenters. The maximum atomic E-state index is 12.6. The lowest BCUT2D eigenvalue weighted by Gasteiger charge is -2.40. The highest BCUT2D eigenvalue weighted by Gasteiger charge is 2.40. The summed E-state index contributed by atoms with van der Waals surface area (Å²) in [6, 6.07) is -0.113. The van der Waals surface area contributed by atoms with Crippen LogP contribution in [0.3, 0.4) is 0 Å². The summed E-state index contributed by atoms with van der Waals surface area (Å²) in [7, 11) is -1.63. The van der Waals surface area contributed by atoms with E-state index >= 15 is 0 Å². The Morgan fingerprint density at radius 3 is 2.70 bits per heavy atom. The normalized spacial score (nSPS) is 33.9. The maximum Gasteiger partial charge on any atom is 0.241 e. The van der Waals surface area contributed by atoms with E-state index in [-0.39, 0.29) is 23.8 Å². The Morgan fingerprint density at radius 1 is 1.35 bits per heavy atom. The van der Waals surface area contributed by atoms with Crippen LogP contribution in [0.2, 0.25) is 0 Å². The zero-order chi connectivity index (χ0) is 14.8. The number of likely N-dealkylation sites (tertiary alicyclic amines) is 1. The van der Waals surface area contributed by atoms with Crippen LogP contribution in [0, 0.1) is 0 Å². The molecule has 7 heteroatoms. The number of sulfone groups is 1. The predicted octanol–water partition coefficient (Wildman–Crippen LogP) is -0.0816. The highest BCUT2D eigenvalue weighted by molar-refractivity contribution is 7.92. The molecule has 2 heterocycles. The minimum atomic E-state index is -3.29. The van der Waals surface area contributed by atoms with Gasteiger partial charge < -0.3 is 15.4 Å². The summed E-state index contributed by atoms with van der Waals surface area (Å²) < 4.78 is 29.5.